The number of esters is 1. The maximum atomic E-state index is 12.6. The first-order valence-electron chi connectivity index (χ1n) is 11.1. The van der Waals surface area contributed by atoms with Gasteiger partial charge in [0.05, 0.1) is 11.5 Å². The molecule has 3 rings (SSSR count). The summed E-state index contributed by atoms with van der Waals surface area (Å²) in [4.78, 5) is 24.7. The molecule has 0 spiro atoms. The molecule has 2 aromatic rings. The van der Waals surface area contributed by atoms with Crippen molar-refractivity contribution in [1.82, 2.24) is 4.31 Å². The van der Waals surface area contributed by atoms with Gasteiger partial charge in [-0.25, -0.2) is 8.42 Å². The molecule has 33 heavy (non-hydrogen) atoms. The van der Waals surface area contributed by atoms with E-state index < -0.39 is 28.0 Å². The number of nitrogens with zero attached hydrogens (tertiary/aromatic N) is 1. The Morgan fingerprint density at radius 1 is 1.03 bits per heavy atom. The molecule has 178 valence electrons. The van der Waals surface area contributed by atoms with E-state index in [1.165, 1.54) is 11.2 Å². The van der Waals surface area contributed by atoms with Crippen molar-refractivity contribution in [3.05, 3.63) is 54.1 Å². The molecule has 1 saturated heterocycles. The summed E-state index contributed by atoms with van der Waals surface area (Å²) in [5.41, 5.74) is 1.40. The molecule has 1 unspecified atom stereocenters. The number of hydrogen-bond donors (Lipinski definition) is 1. The minimum Gasteiger partial charge on any atom is -0.494 e. The van der Waals surface area contributed by atoms with E-state index in [9.17, 15) is 18.0 Å². The van der Waals surface area contributed by atoms with Crippen LogP contribution < -0.4 is 10.1 Å². The minimum absolute atomic E-state index is 0.0822. The summed E-state index contributed by atoms with van der Waals surface area (Å²) in [6.07, 6.45) is 1.29. The molecule has 0 radical (unpaired) electrons. The first-order chi connectivity index (χ1) is 15.8. The largest absolute Gasteiger partial charge is 0.494 e. The maximum absolute atomic E-state index is 12.6. The Hall–Kier alpha value is -2.91. The topological polar surface area (TPSA) is 102 Å². The van der Waals surface area contributed by atoms with Crippen LogP contribution in [0.1, 0.15) is 38.7 Å². The van der Waals surface area contributed by atoms with Crippen LogP contribution in [0.5, 0.6) is 5.75 Å². The monoisotopic (exact) mass is 474 g/mol. The van der Waals surface area contributed by atoms with Crippen LogP contribution in [-0.4, -0.2) is 50.4 Å². The zero-order valence-corrected chi connectivity index (χ0v) is 19.8. The Kier molecular flexibility index (Phi) is 8.46. The third-order valence-corrected chi connectivity index (χ3v) is 7.27. The predicted molar refractivity (Wildman–Crippen MR) is 125 cm³/mol. The smallest absolute Gasteiger partial charge is 0.306 e. The zero-order chi connectivity index (χ0) is 23.8. The number of carbonyl (C=O) groups excluding carboxylic acids is 2. The predicted octanol–water partition coefficient (Wildman–Crippen LogP) is 3.37. The highest BCUT2D eigenvalue weighted by atomic mass is 32.2. The van der Waals surface area contributed by atoms with Gasteiger partial charge in [-0.3, -0.25) is 9.59 Å². The lowest BCUT2D eigenvalue weighted by atomic mass is 10.1. The molecule has 0 saturated carbocycles. The molecular weight excluding hydrogens is 444 g/mol. The fourth-order valence-corrected chi connectivity index (χ4v) is 5.02. The highest BCUT2D eigenvalue weighted by molar-refractivity contribution is 7.89. The van der Waals surface area contributed by atoms with E-state index in [2.05, 4.69) is 5.32 Å². The van der Waals surface area contributed by atoms with E-state index in [0.717, 1.165) is 18.4 Å². The normalized spacial score (nSPS) is 15.1. The zero-order valence-electron chi connectivity index (χ0n) is 19.0. The number of anilines is 1. The second kappa shape index (κ2) is 11.3. The lowest BCUT2D eigenvalue weighted by molar-refractivity contribution is -0.153. The average molecular weight is 475 g/mol. The summed E-state index contributed by atoms with van der Waals surface area (Å²) < 4.78 is 37.3. The number of carbonyl (C=O) groups is 2. The van der Waals surface area contributed by atoms with Gasteiger partial charge in [0, 0.05) is 25.2 Å². The molecular formula is C24H30N2O6S. The summed E-state index contributed by atoms with van der Waals surface area (Å²) in [5, 5.41) is 2.70. The standard InChI is InChI=1S/C24H30N2O6S/c1-3-31-21-11-9-20(10-12-21)25-24(28)18(2)32-23(27)15-8-19-6-13-22(14-7-19)33(29,30)26-16-4-5-17-26/h6-7,9-14,18H,3-5,8,15-17H2,1-2H3,(H,25,28). The third kappa shape index (κ3) is 6.79. The molecule has 8 nitrogen and oxygen atoms in total. The van der Waals surface area contributed by atoms with E-state index in [0.29, 0.717) is 37.6 Å². The van der Waals surface area contributed by atoms with Gasteiger partial charge >= 0.3 is 5.97 Å². The van der Waals surface area contributed by atoms with E-state index >= 15 is 0 Å². The average Bonchev–Trinajstić information content (AvgIpc) is 3.35. The van der Waals surface area contributed by atoms with Crippen molar-refractivity contribution in [2.45, 2.75) is 50.5 Å². The molecule has 9 heteroatoms. The highest BCUT2D eigenvalue weighted by Gasteiger charge is 2.27. The molecule has 1 fully saturated rings. The van der Waals surface area contributed by atoms with Crippen LogP contribution >= 0.6 is 0 Å². The first-order valence-corrected chi connectivity index (χ1v) is 12.6. The van der Waals surface area contributed by atoms with Crippen LogP contribution in [0.2, 0.25) is 0 Å². The molecule has 1 atom stereocenters. The van der Waals surface area contributed by atoms with Gasteiger partial charge in [0.15, 0.2) is 6.10 Å². The quantitative estimate of drug-likeness (QED) is 0.530. The Labute approximate surface area is 194 Å². The number of amides is 1. The maximum Gasteiger partial charge on any atom is 0.306 e. The van der Waals surface area contributed by atoms with Gasteiger partial charge in [-0.1, -0.05) is 12.1 Å². The fraction of sp³-hybridized carbons (Fsp3) is 0.417. The van der Waals surface area contributed by atoms with E-state index in [1.54, 1.807) is 48.5 Å². The fourth-order valence-electron chi connectivity index (χ4n) is 3.51. The molecule has 0 aliphatic carbocycles. The van der Waals surface area contributed by atoms with E-state index in [1.807, 2.05) is 6.92 Å². The molecule has 1 heterocycles. The molecule has 1 aliphatic heterocycles. The number of hydrogen-bond acceptors (Lipinski definition) is 6. The lowest BCUT2D eigenvalue weighted by Gasteiger charge is -2.16. The minimum atomic E-state index is -3.45. The van der Waals surface area contributed by atoms with E-state index in [4.69, 9.17) is 9.47 Å². The number of benzene rings is 2. The number of sulfonamides is 1. The number of aryl methyl sites for hydroxylation is 1. The van der Waals surface area contributed by atoms with Crippen molar-refractivity contribution in [1.29, 1.82) is 0 Å². The van der Waals surface area contributed by atoms with Crippen LogP contribution in [0.4, 0.5) is 5.69 Å². The summed E-state index contributed by atoms with van der Waals surface area (Å²) in [7, 11) is -3.45. The second-order valence-electron chi connectivity index (χ2n) is 7.83. The number of nitrogens with one attached hydrogen (secondary N) is 1. The molecule has 2 aromatic carbocycles. The summed E-state index contributed by atoms with van der Waals surface area (Å²) in [6.45, 7) is 5.07. The van der Waals surface area contributed by atoms with Gasteiger partial charge in [-0.05, 0) is 75.1 Å². The van der Waals surface area contributed by atoms with Crippen LogP contribution in [0, 0.1) is 0 Å². The molecule has 1 amide bonds. The van der Waals surface area contributed by atoms with Crippen molar-refractivity contribution in [2.24, 2.45) is 0 Å². The van der Waals surface area contributed by atoms with Gasteiger partial charge in [-0.15, -0.1) is 0 Å². The Morgan fingerprint density at radius 3 is 2.27 bits per heavy atom. The Balaban J connectivity index is 1.45. The van der Waals surface area contributed by atoms with Gasteiger partial charge in [0.1, 0.15) is 5.75 Å². The first kappa shape index (κ1) is 24.7. The second-order valence-corrected chi connectivity index (χ2v) is 9.77. The van der Waals surface area contributed by atoms with Gasteiger partial charge < -0.3 is 14.8 Å². The number of ether oxygens (including phenoxy) is 2. The summed E-state index contributed by atoms with van der Waals surface area (Å²) in [6, 6.07) is 13.5. The Bertz CT molecular complexity index is 1050. The van der Waals surface area contributed by atoms with Gasteiger partial charge in [0.25, 0.3) is 5.91 Å². The molecule has 1 aliphatic rings. The summed E-state index contributed by atoms with van der Waals surface area (Å²) in [5.74, 6) is -0.223. The Morgan fingerprint density at radius 2 is 1.67 bits per heavy atom. The van der Waals surface area contributed by atoms with Crippen LogP contribution in [0.25, 0.3) is 0 Å². The van der Waals surface area contributed by atoms with Crippen molar-refractivity contribution in [2.75, 3.05) is 25.0 Å². The van der Waals surface area contributed by atoms with Crippen molar-refractivity contribution in [3.63, 3.8) is 0 Å². The SMILES string of the molecule is CCOc1ccc(NC(=O)C(C)OC(=O)CCc2ccc(S(=O)(=O)N3CCCC3)cc2)cc1. The van der Waals surface area contributed by atoms with Gasteiger partial charge in [0.2, 0.25) is 10.0 Å². The molecule has 1 N–H and O–H groups in total. The number of rotatable bonds is 10. The van der Waals surface area contributed by atoms with Crippen molar-refractivity contribution >= 4 is 27.6 Å². The molecule has 0 aromatic heterocycles. The highest BCUT2D eigenvalue weighted by Crippen LogP contribution is 2.21. The van der Waals surface area contributed by atoms with Crippen LogP contribution in [0.3, 0.4) is 0 Å². The molecule has 0 bridgehead atoms. The summed E-state index contributed by atoms with van der Waals surface area (Å²) >= 11 is 0. The van der Waals surface area contributed by atoms with Crippen molar-refractivity contribution < 1.29 is 27.5 Å². The van der Waals surface area contributed by atoms with Crippen LogP contribution in [-0.2, 0) is 30.8 Å². The third-order valence-electron chi connectivity index (χ3n) is 5.35. The van der Waals surface area contributed by atoms with E-state index in [-0.39, 0.29) is 11.3 Å². The van der Waals surface area contributed by atoms with Crippen molar-refractivity contribution in [3.8, 4) is 5.75 Å². The lowest BCUT2D eigenvalue weighted by Crippen LogP contribution is -2.30. The van der Waals surface area contributed by atoms with Gasteiger partial charge in [-0.2, -0.15) is 4.31 Å². The van der Waals surface area contributed by atoms with Crippen LogP contribution in [0.15, 0.2) is 53.4 Å².